The first-order valence-electron chi connectivity index (χ1n) is 6.49. The molecule has 0 saturated carbocycles. The van der Waals surface area contributed by atoms with Crippen LogP contribution in [0.15, 0.2) is 22.8 Å². The van der Waals surface area contributed by atoms with E-state index in [1.807, 2.05) is 12.1 Å². The minimum atomic E-state index is 0.584. The summed E-state index contributed by atoms with van der Waals surface area (Å²) in [5, 5.41) is 6.94. The van der Waals surface area contributed by atoms with Crippen molar-refractivity contribution in [3.8, 4) is 0 Å². The Labute approximate surface area is 103 Å². The molecule has 2 heterocycles. The zero-order valence-electron chi connectivity index (χ0n) is 10.3. The van der Waals surface area contributed by atoms with Gasteiger partial charge in [-0.1, -0.05) is 0 Å². The Morgan fingerprint density at radius 2 is 2.29 bits per heavy atom. The van der Waals surface area contributed by atoms with Crippen LogP contribution in [0.5, 0.6) is 0 Å². The van der Waals surface area contributed by atoms with Gasteiger partial charge in [0.25, 0.3) is 0 Å². The van der Waals surface area contributed by atoms with Crippen molar-refractivity contribution >= 4 is 0 Å². The van der Waals surface area contributed by atoms with Crippen LogP contribution in [0.2, 0.25) is 0 Å². The summed E-state index contributed by atoms with van der Waals surface area (Å²) in [5.74, 6) is 0.899. The Hall–Kier alpha value is -0.840. The normalized spacial score (nSPS) is 17.4. The van der Waals surface area contributed by atoms with E-state index in [0.29, 0.717) is 12.6 Å². The van der Waals surface area contributed by atoms with Crippen LogP contribution in [-0.4, -0.2) is 32.3 Å². The first kappa shape index (κ1) is 12.6. The highest BCUT2D eigenvalue weighted by Crippen LogP contribution is 2.03. The molecule has 1 aromatic heterocycles. The molecule has 0 aliphatic carbocycles. The quantitative estimate of drug-likeness (QED) is 0.707. The topological polar surface area (TPSA) is 46.4 Å². The maximum absolute atomic E-state index is 5.52. The van der Waals surface area contributed by atoms with Gasteiger partial charge in [-0.2, -0.15) is 0 Å². The van der Waals surface area contributed by atoms with Crippen LogP contribution >= 0.6 is 0 Å². The van der Waals surface area contributed by atoms with Crippen molar-refractivity contribution in [3.05, 3.63) is 24.2 Å². The minimum absolute atomic E-state index is 0.584. The van der Waals surface area contributed by atoms with E-state index in [1.54, 1.807) is 6.26 Å². The van der Waals surface area contributed by atoms with E-state index in [-0.39, 0.29) is 0 Å². The third kappa shape index (κ3) is 4.89. The van der Waals surface area contributed by atoms with Crippen molar-refractivity contribution in [2.75, 3.05) is 26.2 Å². The third-order valence-corrected chi connectivity index (χ3v) is 3.06. The second-order valence-corrected chi connectivity index (χ2v) is 4.46. The van der Waals surface area contributed by atoms with E-state index in [2.05, 4.69) is 10.6 Å². The lowest BCUT2D eigenvalue weighted by Gasteiger charge is -2.23. The molecule has 0 aromatic carbocycles. The minimum Gasteiger partial charge on any atom is -0.467 e. The fourth-order valence-corrected chi connectivity index (χ4v) is 2.07. The van der Waals surface area contributed by atoms with Crippen molar-refractivity contribution in [2.45, 2.75) is 31.9 Å². The lowest BCUT2D eigenvalue weighted by molar-refractivity contribution is 0.103. The van der Waals surface area contributed by atoms with Gasteiger partial charge in [-0.25, -0.2) is 0 Å². The fourth-order valence-electron chi connectivity index (χ4n) is 2.07. The maximum atomic E-state index is 5.52. The first-order chi connectivity index (χ1) is 8.45. The van der Waals surface area contributed by atoms with Crippen LogP contribution in [0.4, 0.5) is 0 Å². The first-order valence-corrected chi connectivity index (χ1v) is 6.49. The summed E-state index contributed by atoms with van der Waals surface area (Å²) in [5.41, 5.74) is 0. The van der Waals surface area contributed by atoms with Crippen molar-refractivity contribution in [1.82, 2.24) is 10.6 Å². The molecule has 2 N–H and O–H groups in total. The van der Waals surface area contributed by atoms with Gasteiger partial charge in [0.05, 0.1) is 6.26 Å². The third-order valence-electron chi connectivity index (χ3n) is 3.06. The van der Waals surface area contributed by atoms with Crippen molar-refractivity contribution in [3.63, 3.8) is 0 Å². The molecule has 0 amide bonds. The van der Waals surface area contributed by atoms with Crippen LogP contribution in [-0.2, 0) is 11.3 Å². The number of furan rings is 1. The van der Waals surface area contributed by atoms with Gasteiger partial charge in [-0.05, 0) is 51.0 Å². The molecule has 96 valence electrons. The van der Waals surface area contributed by atoms with Gasteiger partial charge >= 0.3 is 0 Å². The predicted octanol–water partition coefficient (Wildman–Crippen LogP) is 1.53. The molecule has 1 aromatic rings. The fraction of sp³-hybridized carbons (Fsp3) is 0.692. The zero-order chi connectivity index (χ0) is 11.8. The van der Waals surface area contributed by atoms with Gasteiger partial charge in [0, 0.05) is 12.6 Å². The molecule has 4 nitrogen and oxygen atoms in total. The molecule has 0 bridgehead atoms. The summed E-state index contributed by atoms with van der Waals surface area (Å²) < 4.78 is 10.7. The van der Waals surface area contributed by atoms with Gasteiger partial charge in [0.15, 0.2) is 0 Å². The van der Waals surface area contributed by atoms with E-state index in [0.717, 1.165) is 38.4 Å². The standard InChI is InChI=1S/C13H22N2O2/c1-3-13(17-10-1)11-16-9-2-6-15-12-4-7-14-8-5-12/h1,3,10,12,14-15H,2,4-9,11H2. The van der Waals surface area contributed by atoms with Crippen LogP contribution in [0.25, 0.3) is 0 Å². The van der Waals surface area contributed by atoms with Crippen LogP contribution in [0.1, 0.15) is 25.0 Å². The number of hydrogen-bond acceptors (Lipinski definition) is 4. The van der Waals surface area contributed by atoms with E-state index in [9.17, 15) is 0 Å². The smallest absolute Gasteiger partial charge is 0.129 e. The van der Waals surface area contributed by atoms with Crippen LogP contribution in [0.3, 0.4) is 0 Å². The Kier molecular flexibility index (Phi) is 5.55. The van der Waals surface area contributed by atoms with E-state index >= 15 is 0 Å². The van der Waals surface area contributed by atoms with Crippen molar-refractivity contribution < 1.29 is 9.15 Å². The molecule has 17 heavy (non-hydrogen) atoms. The zero-order valence-corrected chi connectivity index (χ0v) is 10.3. The molecular formula is C13H22N2O2. The number of rotatable bonds is 7. The lowest BCUT2D eigenvalue weighted by Crippen LogP contribution is -2.40. The van der Waals surface area contributed by atoms with Crippen molar-refractivity contribution in [2.24, 2.45) is 0 Å². The van der Waals surface area contributed by atoms with Gasteiger partial charge in [0.2, 0.25) is 0 Å². The number of piperidine rings is 1. The van der Waals surface area contributed by atoms with E-state index in [4.69, 9.17) is 9.15 Å². The molecule has 0 atom stereocenters. The Bertz CT molecular complexity index is 282. The van der Waals surface area contributed by atoms with Gasteiger partial charge in [-0.15, -0.1) is 0 Å². The van der Waals surface area contributed by atoms with Crippen molar-refractivity contribution in [1.29, 1.82) is 0 Å². The molecule has 1 fully saturated rings. The second kappa shape index (κ2) is 7.48. The predicted molar refractivity (Wildman–Crippen MR) is 66.9 cm³/mol. The van der Waals surface area contributed by atoms with E-state index < -0.39 is 0 Å². The molecule has 1 aliphatic heterocycles. The highest BCUT2D eigenvalue weighted by atomic mass is 16.5. The van der Waals surface area contributed by atoms with E-state index in [1.165, 1.54) is 12.8 Å². The average Bonchev–Trinajstić information content (AvgIpc) is 2.88. The summed E-state index contributed by atoms with van der Waals surface area (Å²) in [6.07, 6.45) is 5.22. The highest BCUT2D eigenvalue weighted by Gasteiger charge is 2.10. The van der Waals surface area contributed by atoms with Gasteiger partial charge in [0.1, 0.15) is 12.4 Å². The summed E-state index contributed by atoms with van der Waals surface area (Å²) in [7, 11) is 0. The SMILES string of the molecule is c1coc(COCCCNC2CCNCC2)c1. The number of nitrogens with one attached hydrogen (secondary N) is 2. The largest absolute Gasteiger partial charge is 0.467 e. The number of ether oxygens (including phenoxy) is 1. The summed E-state index contributed by atoms with van der Waals surface area (Å²) in [4.78, 5) is 0. The molecule has 0 unspecified atom stereocenters. The lowest BCUT2D eigenvalue weighted by atomic mass is 10.1. The van der Waals surface area contributed by atoms with Gasteiger partial charge < -0.3 is 19.8 Å². The Morgan fingerprint density at radius 3 is 3.06 bits per heavy atom. The Morgan fingerprint density at radius 1 is 1.41 bits per heavy atom. The molecule has 1 saturated heterocycles. The molecule has 0 radical (unpaired) electrons. The monoisotopic (exact) mass is 238 g/mol. The molecule has 1 aliphatic rings. The Balaban J connectivity index is 1.43. The molecular weight excluding hydrogens is 216 g/mol. The second-order valence-electron chi connectivity index (χ2n) is 4.46. The van der Waals surface area contributed by atoms with Crippen LogP contribution in [0, 0.1) is 0 Å². The number of hydrogen-bond donors (Lipinski definition) is 2. The molecule has 0 spiro atoms. The van der Waals surface area contributed by atoms with Crippen LogP contribution < -0.4 is 10.6 Å². The summed E-state index contributed by atoms with van der Waals surface area (Å²) >= 11 is 0. The summed E-state index contributed by atoms with van der Waals surface area (Å²) in [6.45, 7) is 4.71. The summed E-state index contributed by atoms with van der Waals surface area (Å²) in [6, 6.07) is 4.52. The highest BCUT2D eigenvalue weighted by molar-refractivity contribution is 4.95. The van der Waals surface area contributed by atoms with Gasteiger partial charge in [-0.3, -0.25) is 0 Å². The molecule has 4 heteroatoms. The molecule has 2 rings (SSSR count). The maximum Gasteiger partial charge on any atom is 0.129 e. The average molecular weight is 238 g/mol.